The van der Waals surface area contributed by atoms with Crippen LogP contribution in [0.15, 0.2) is 71.6 Å². The summed E-state index contributed by atoms with van der Waals surface area (Å²) in [6, 6.07) is 16.4. The number of unbranched alkanes of at least 4 members (excludes halogenated alkanes) is 1. The lowest BCUT2D eigenvalue weighted by Crippen LogP contribution is -2.52. The molecule has 0 heterocycles. The van der Waals surface area contributed by atoms with Crippen LogP contribution in [0.2, 0.25) is 10.0 Å². The molecule has 9 nitrogen and oxygen atoms in total. The Labute approximate surface area is 263 Å². The molecule has 3 aromatic rings. The van der Waals surface area contributed by atoms with E-state index < -0.39 is 28.5 Å². The number of benzene rings is 3. The van der Waals surface area contributed by atoms with E-state index in [0.717, 1.165) is 17.1 Å². The number of nitrogens with one attached hydrogen (secondary N) is 1. The van der Waals surface area contributed by atoms with E-state index in [1.807, 2.05) is 6.92 Å². The summed E-state index contributed by atoms with van der Waals surface area (Å²) < 4.78 is 39.8. The van der Waals surface area contributed by atoms with E-state index in [2.05, 4.69) is 5.32 Å². The maximum Gasteiger partial charge on any atom is 0.264 e. The second-order valence-corrected chi connectivity index (χ2v) is 12.3. The average molecular weight is 651 g/mol. The molecule has 0 aromatic heterocycles. The smallest absolute Gasteiger partial charge is 0.264 e. The van der Waals surface area contributed by atoms with E-state index in [1.54, 1.807) is 49.4 Å². The number of anilines is 1. The Morgan fingerprint density at radius 2 is 1.56 bits per heavy atom. The predicted molar refractivity (Wildman–Crippen MR) is 170 cm³/mol. The van der Waals surface area contributed by atoms with Crippen LogP contribution >= 0.6 is 23.2 Å². The lowest BCUT2D eigenvalue weighted by Gasteiger charge is -2.33. The van der Waals surface area contributed by atoms with Gasteiger partial charge in [0.25, 0.3) is 10.0 Å². The number of carbonyl (C=O) groups excluding carboxylic acids is 2. The molecule has 43 heavy (non-hydrogen) atoms. The van der Waals surface area contributed by atoms with E-state index >= 15 is 0 Å². The summed E-state index contributed by atoms with van der Waals surface area (Å²) in [5.74, 6) is -0.305. The Hall–Kier alpha value is -3.47. The molecule has 0 aliphatic heterocycles. The zero-order chi connectivity index (χ0) is 31.6. The van der Waals surface area contributed by atoms with Crippen molar-refractivity contribution in [1.29, 1.82) is 0 Å². The molecule has 2 amide bonds. The first-order valence-electron chi connectivity index (χ1n) is 13.9. The Bertz CT molecular complexity index is 1480. The molecule has 3 aromatic carbocycles. The fourth-order valence-corrected chi connectivity index (χ4v) is 6.45. The monoisotopic (exact) mass is 649 g/mol. The number of nitrogens with zero attached hydrogens (tertiary/aromatic N) is 2. The normalized spacial score (nSPS) is 11.9. The zero-order valence-corrected chi connectivity index (χ0v) is 27.0. The number of hydrogen-bond donors (Lipinski definition) is 1. The summed E-state index contributed by atoms with van der Waals surface area (Å²) in [7, 11) is -1.35. The maximum atomic E-state index is 14.2. The highest BCUT2D eigenvalue weighted by Crippen LogP contribution is 2.34. The van der Waals surface area contributed by atoms with Crippen molar-refractivity contribution in [3.8, 4) is 11.5 Å². The van der Waals surface area contributed by atoms with Crippen LogP contribution in [-0.4, -0.2) is 58.5 Å². The highest BCUT2D eigenvalue weighted by Gasteiger charge is 2.34. The number of carbonyl (C=O) groups is 2. The quantitative estimate of drug-likeness (QED) is 0.205. The summed E-state index contributed by atoms with van der Waals surface area (Å²) in [5, 5.41) is 3.53. The zero-order valence-electron chi connectivity index (χ0n) is 24.7. The highest BCUT2D eigenvalue weighted by molar-refractivity contribution is 7.92. The lowest BCUT2D eigenvalue weighted by molar-refractivity contribution is -0.140. The molecular formula is C31H37Cl2N3O6S. The summed E-state index contributed by atoms with van der Waals surface area (Å²) in [4.78, 5) is 28.9. The van der Waals surface area contributed by atoms with Crippen molar-refractivity contribution in [2.24, 2.45) is 0 Å². The van der Waals surface area contributed by atoms with E-state index in [9.17, 15) is 18.0 Å². The van der Waals surface area contributed by atoms with Gasteiger partial charge in [-0.25, -0.2) is 8.42 Å². The minimum atomic E-state index is -4.25. The molecule has 232 valence electrons. The first-order chi connectivity index (χ1) is 20.6. The van der Waals surface area contributed by atoms with Gasteiger partial charge in [-0.15, -0.1) is 0 Å². The molecule has 0 aliphatic rings. The van der Waals surface area contributed by atoms with Gasteiger partial charge >= 0.3 is 0 Å². The van der Waals surface area contributed by atoms with E-state index in [0.29, 0.717) is 27.9 Å². The standard InChI is InChI=1S/C31H37Cl2N3O6S/c1-5-7-18-34-31(38)27(6-2)35(20-24-25(32)14-11-15-26(24)33)30(37)21-36(43(39,40)23-12-9-8-10-13-23)22-16-17-28(41-3)29(19-22)42-4/h8-17,19,27H,5-7,18,20-21H2,1-4H3,(H,34,38)/t27-/m0/s1. The number of methoxy groups -OCH3 is 2. The van der Waals surface area contributed by atoms with Crippen molar-refractivity contribution >= 4 is 50.7 Å². The lowest BCUT2D eigenvalue weighted by atomic mass is 10.1. The van der Waals surface area contributed by atoms with E-state index in [4.69, 9.17) is 32.7 Å². The van der Waals surface area contributed by atoms with Crippen LogP contribution in [0.25, 0.3) is 0 Å². The van der Waals surface area contributed by atoms with Crippen LogP contribution in [0.1, 0.15) is 38.7 Å². The highest BCUT2D eigenvalue weighted by atomic mass is 35.5. The van der Waals surface area contributed by atoms with Gasteiger partial charge in [0.2, 0.25) is 11.8 Å². The van der Waals surface area contributed by atoms with Gasteiger partial charge in [0.1, 0.15) is 12.6 Å². The van der Waals surface area contributed by atoms with Crippen LogP contribution in [0.3, 0.4) is 0 Å². The Balaban J connectivity index is 2.12. The largest absolute Gasteiger partial charge is 0.493 e. The Morgan fingerprint density at radius 1 is 0.907 bits per heavy atom. The number of rotatable bonds is 15. The number of sulfonamides is 1. The molecule has 0 aliphatic carbocycles. The Morgan fingerprint density at radius 3 is 2.14 bits per heavy atom. The first-order valence-corrected chi connectivity index (χ1v) is 16.1. The molecule has 0 bridgehead atoms. The molecule has 0 spiro atoms. The molecule has 0 fully saturated rings. The summed E-state index contributed by atoms with van der Waals surface area (Å²) in [6.45, 7) is 3.51. The van der Waals surface area contributed by atoms with Gasteiger partial charge in [0.15, 0.2) is 11.5 Å². The minimum Gasteiger partial charge on any atom is -0.493 e. The van der Waals surface area contributed by atoms with Crippen molar-refractivity contribution in [2.75, 3.05) is 31.6 Å². The maximum absolute atomic E-state index is 14.2. The van der Waals surface area contributed by atoms with Crippen molar-refractivity contribution in [1.82, 2.24) is 10.2 Å². The number of ether oxygens (including phenoxy) is 2. The van der Waals surface area contributed by atoms with Crippen LogP contribution in [0.5, 0.6) is 11.5 Å². The second kappa shape index (κ2) is 15.8. The Kier molecular flexibility index (Phi) is 12.5. The van der Waals surface area contributed by atoms with Crippen molar-refractivity contribution < 1.29 is 27.5 Å². The van der Waals surface area contributed by atoms with E-state index in [1.165, 1.54) is 43.4 Å². The molecule has 1 atom stereocenters. The van der Waals surface area contributed by atoms with Gasteiger partial charge in [-0.1, -0.05) is 67.7 Å². The van der Waals surface area contributed by atoms with Gasteiger partial charge < -0.3 is 19.7 Å². The van der Waals surface area contributed by atoms with Gasteiger partial charge in [-0.2, -0.15) is 0 Å². The summed E-state index contributed by atoms with van der Waals surface area (Å²) >= 11 is 12.9. The molecule has 0 saturated carbocycles. The average Bonchev–Trinajstić information content (AvgIpc) is 3.01. The van der Waals surface area contributed by atoms with Crippen LogP contribution in [0.4, 0.5) is 5.69 Å². The van der Waals surface area contributed by atoms with Crippen LogP contribution < -0.4 is 19.1 Å². The van der Waals surface area contributed by atoms with Gasteiger partial charge in [-0.3, -0.25) is 13.9 Å². The fraction of sp³-hybridized carbons (Fsp3) is 0.355. The van der Waals surface area contributed by atoms with Gasteiger partial charge in [0.05, 0.1) is 24.8 Å². The minimum absolute atomic E-state index is 0.0115. The third kappa shape index (κ3) is 8.34. The van der Waals surface area contributed by atoms with Crippen molar-refractivity contribution in [3.63, 3.8) is 0 Å². The van der Waals surface area contributed by atoms with Crippen LogP contribution in [0, 0.1) is 0 Å². The van der Waals surface area contributed by atoms with Crippen molar-refractivity contribution in [2.45, 2.75) is 50.6 Å². The van der Waals surface area contributed by atoms with Crippen molar-refractivity contribution in [3.05, 3.63) is 82.3 Å². The number of hydrogen-bond acceptors (Lipinski definition) is 6. The van der Waals surface area contributed by atoms with Gasteiger partial charge in [0, 0.05) is 34.8 Å². The van der Waals surface area contributed by atoms with Gasteiger partial charge in [-0.05, 0) is 49.2 Å². The van der Waals surface area contributed by atoms with Crippen LogP contribution in [-0.2, 0) is 26.2 Å². The first kappa shape index (κ1) is 34.0. The van der Waals surface area contributed by atoms with E-state index in [-0.39, 0.29) is 35.2 Å². The molecule has 0 unspecified atom stereocenters. The molecule has 0 saturated heterocycles. The molecule has 0 radical (unpaired) electrons. The second-order valence-electron chi connectivity index (χ2n) is 9.65. The summed E-state index contributed by atoms with van der Waals surface area (Å²) in [6.07, 6.45) is 1.93. The predicted octanol–water partition coefficient (Wildman–Crippen LogP) is 5.93. The SMILES string of the molecule is CCCCNC(=O)[C@H](CC)N(Cc1c(Cl)cccc1Cl)C(=O)CN(c1ccc(OC)c(OC)c1)S(=O)(=O)c1ccccc1. The summed E-state index contributed by atoms with van der Waals surface area (Å²) in [5.41, 5.74) is 0.619. The third-order valence-electron chi connectivity index (χ3n) is 6.87. The molecular weight excluding hydrogens is 613 g/mol. The topological polar surface area (TPSA) is 105 Å². The molecule has 3 rings (SSSR count). The third-order valence-corrected chi connectivity index (χ3v) is 9.37. The number of amides is 2. The molecule has 12 heteroatoms. The molecule has 1 N–H and O–H groups in total. The number of halogens is 2. The fourth-order valence-electron chi connectivity index (χ4n) is 4.51.